The largest absolute Gasteiger partial charge is 0.368 e. The van der Waals surface area contributed by atoms with E-state index >= 15 is 0 Å². The fraction of sp³-hybridized carbons (Fsp3) is 0.667. The van der Waals surface area contributed by atoms with Crippen LogP contribution in [0.25, 0.3) is 0 Å². The molecule has 1 aromatic heterocycles. The molecule has 1 aliphatic carbocycles. The van der Waals surface area contributed by atoms with Gasteiger partial charge >= 0.3 is 0 Å². The predicted molar refractivity (Wildman–Crippen MR) is 104 cm³/mol. The molecule has 142 valence electrons. The van der Waals surface area contributed by atoms with Gasteiger partial charge in [-0.2, -0.15) is 5.10 Å². The Hall–Kier alpha value is -1.75. The molecule has 2 aliphatic rings. The average molecular weight is 357 g/mol. The predicted octanol–water partition coefficient (Wildman–Crippen LogP) is 3.94. The number of aliphatic imine (C=N–C) groups is 1. The Balaban J connectivity index is 1.72. The average Bonchev–Trinajstić information content (AvgIpc) is 3.11. The number of hydrogen-bond acceptors (Lipinski definition) is 4. The van der Waals surface area contributed by atoms with Crippen molar-refractivity contribution in [2.75, 3.05) is 6.61 Å². The summed E-state index contributed by atoms with van der Waals surface area (Å²) in [6.07, 6.45) is 12.7. The highest BCUT2D eigenvalue weighted by Crippen LogP contribution is 2.39. The van der Waals surface area contributed by atoms with Crippen LogP contribution in [0.15, 0.2) is 29.4 Å². The number of carbonyl (C=O) groups excluding carboxylic acids is 1. The van der Waals surface area contributed by atoms with E-state index in [4.69, 9.17) is 4.74 Å². The molecule has 0 saturated heterocycles. The summed E-state index contributed by atoms with van der Waals surface area (Å²) in [5.74, 6) is 0.939. The van der Waals surface area contributed by atoms with E-state index in [1.807, 2.05) is 32.2 Å². The van der Waals surface area contributed by atoms with Crippen molar-refractivity contribution in [2.24, 2.45) is 10.9 Å². The van der Waals surface area contributed by atoms with Gasteiger partial charge in [-0.3, -0.25) is 9.67 Å². The van der Waals surface area contributed by atoms with E-state index in [0.717, 1.165) is 31.4 Å². The molecule has 5 heteroatoms. The van der Waals surface area contributed by atoms with Gasteiger partial charge in [-0.25, -0.2) is 0 Å². The standard InChI is InChI=1S/C21H31N3O2/c1-4-13-24-19(10-12-22-24)18-8-6-5-7-17(18)15-26-21(3)11-9-16(2)23-20(21)14-25/h9-12,14,17-18,20H,4-8,13,15H2,1-3H3. The first-order valence-corrected chi connectivity index (χ1v) is 9.92. The quantitative estimate of drug-likeness (QED) is 0.695. The van der Waals surface area contributed by atoms with Gasteiger partial charge in [0.25, 0.3) is 0 Å². The zero-order valence-corrected chi connectivity index (χ0v) is 16.2. The summed E-state index contributed by atoms with van der Waals surface area (Å²) < 4.78 is 8.49. The lowest BCUT2D eigenvalue weighted by Crippen LogP contribution is -2.44. The fourth-order valence-corrected chi connectivity index (χ4v) is 4.21. The molecule has 26 heavy (non-hydrogen) atoms. The first kappa shape index (κ1) is 19.0. The van der Waals surface area contributed by atoms with Crippen LogP contribution in [-0.4, -0.2) is 40.0 Å². The maximum atomic E-state index is 11.5. The third-order valence-corrected chi connectivity index (χ3v) is 5.80. The van der Waals surface area contributed by atoms with Gasteiger partial charge in [0.1, 0.15) is 17.9 Å². The van der Waals surface area contributed by atoms with Gasteiger partial charge in [0, 0.05) is 30.1 Å². The van der Waals surface area contributed by atoms with Gasteiger partial charge in [0.05, 0.1) is 6.61 Å². The van der Waals surface area contributed by atoms with Crippen molar-refractivity contribution in [1.82, 2.24) is 9.78 Å². The van der Waals surface area contributed by atoms with Crippen LogP contribution in [0.5, 0.6) is 0 Å². The summed E-state index contributed by atoms with van der Waals surface area (Å²) >= 11 is 0. The van der Waals surface area contributed by atoms with E-state index in [9.17, 15) is 4.79 Å². The van der Waals surface area contributed by atoms with Crippen molar-refractivity contribution < 1.29 is 9.53 Å². The topological polar surface area (TPSA) is 56.5 Å². The number of rotatable bonds is 7. The van der Waals surface area contributed by atoms with Gasteiger partial charge in [0.2, 0.25) is 0 Å². The van der Waals surface area contributed by atoms with Crippen molar-refractivity contribution in [3.63, 3.8) is 0 Å². The van der Waals surface area contributed by atoms with Gasteiger partial charge in [0.15, 0.2) is 0 Å². The van der Waals surface area contributed by atoms with Crippen LogP contribution >= 0.6 is 0 Å². The number of nitrogens with zero attached hydrogens (tertiary/aromatic N) is 3. The second kappa shape index (κ2) is 8.30. The van der Waals surface area contributed by atoms with Gasteiger partial charge < -0.3 is 9.53 Å². The maximum Gasteiger partial charge on any atom is 0.147 e. The lowest BCUT2D eigenvalue weighted by atomic mass is 9.77. The van der Waals surface area contributed by atoms with E-state index in [0.29, 0.717) is 18.4 Å². The number of dihydropyridines is 1. The number of allylic oxidation sites excluding steroid dienone is 1. The Bertz CT molecular complexity index is 679. The molecule has 0 spiro atoms. The zero-order chi connectivity index (χ0) is 18.6. The summed E-state index contributed by atoms with van der Waals surface area (Å²) in [4.78, 5) is 16.0. The van der Waals surface area contributed by atoms with Crippen LogP contribution in [0.2, 0.25) is 0 Å². The van der Waals surface area contributed by atoms with Crippen LogP contribution in [0, 0.1) is 5.92 Å². The second-order valence-corrected chi connectivity index (χ2v) is 7.81. The van der Waals surface area contributed by atoms with E-state index < -0.39 is 11.6 Å². The molecule has 1 fully saturated rings. The van der Waals surface area contributed by atoms with Crippen molar-refractivity contribution in [2.45, 2.75) is 77.0 Å². The minimum absolute atomic E-state index is 0.458. The Morgan fingerprint density at radius 2 is 2.19 bits per heavy atom. The first-order chi connectivity index (χ1) is 12.6. The maximum absolute atomic E-state index is 11.5. The highest BCUT2D eigenvalue weighted by atomic mass is 16.5. The summed E-state index contributed by atoms with van der Waals surface area (Å²) in [6.45, 7) is 7.69. The van der Waals surface area contributed by atoms with Crippen LogP contribution < -0.4 is 0 Å². The molecule has 1 aromatic rings. The number of aromatic nitrogens is 2. The summed E-state index contributed by atoms with van der Waals surface area (Å²) in [5, 5.41) is 4.51. The SMILES string of the molecule is CCCn1nccc1C1CCCCC1COC1(C)C=CC(C)=NC1C=O. The lowest BCUT2D eigenvalue weighted by Gasteiger charge is -2.37. The zero-order valence-electron chi connectivity index (χ0n) is 16.2. The Labute approximate surface area is 156 Å². The Kier molecular flexibility index (Phi) is 6.07. The molecule has 0 aromatic carbocycles. The molecular formula is C21H31N3O2. The van der Waals surface area contributed by atoms with Crippen LogP contribution in [0.3, 0.4) is 0 Å². The van der Waals surface area contributed by atoms with Gasteiger partial charge in [-0.15, -0.1) is 0 Å². The minimum atomic E-state index is -0.646. The number of ether oxygens (including phenoxy) is 1. The number of aryl methyl sites for hydroxylation is 1. The van der Waals surface area contributed by atoms with Crippen molar-refractivity contribution in [3.8, 4) is 0 Å². The van der Waals surface area contributed by atoms with E-state index in [1.165, 1.54) is 25.0 Å². The van der Waals surface area contributed by atoms with Crippen LogP contribution in [0.1, 0.15) is 64.5 Å². The fourth-order valence-electron chi connectivity index (χ4n) is 4.21. The molecule has 0 radical (unpaired) electrons. The molecule has 5 nitrogen and oxygen atoms in total. The van der Waals surface area contributed by atoms with Gasteiger partial charge in [-0.1, -0.05) is 19.8 Å². The monoisotopic (exact) mass is 357 g/mol. The summed E-state index contributed by atoms with van der Waals surface area (Å²) in [7, 11) is 0. The molecule has 2 heterocycles. The van der Waals surface area contributed by atoms with Gasteiger partial charge in [-0.05, 0) is 57.2 Å². The molecule has 1 saturated carbocycles. The van der Waals surface area contributed by atoms with Crippen molar-refractivity contribution in [3.05, 3.63) is 30.1 Å². The minimum Gasteiger partial charge on any atom is -0.368 e. The first-order valence-electron chi connectivity index (χ1n) is 9.92. The van der Waals surface area contributed by atoms with Crippen LogP contribution in [-0.2, 0) is 16.1 Å². The summed E-state index contributed by atoms with van der Waals surface area (Å²) in [5.41, 5.74) is 1.57. The van der Waals surface area contributed by atoms with E-state index in [-0.39, 0.29) is 0 Å². The Morgan fingerprint density at radius 3 is 2.96 bits per heavy atom. The molecule has 4 unspecified atom stereocenters. The molecule has 4 atom stereocenters. The number of carbonyl (C=O) groups is 1. The molecular weight excluding hydrogens is 326 g/mol. The summed E-state index contributed by atoms with van der Waals surface area (Å²) in [6, 6.07) is 1.71. The van der Waals surface area contributed by atoms with E-state index in [1.54, 1.807) is 0 Å². The highest BCUT2D eigenvalue weighted by molar-refractivity contribution is 5.95. The van der Waals surface area contributed by atoms with Crippen LogP contribution in [0.4, 0.5) is 0 Å². The van der Waals surface area contributed by atoms with E-state index in [2.05, 4.69) is 27.8 Å². The third kappa shape index (κ3) is 3.98. The van der Waals surface area contributed by atoms with Crippen molar-refractivity contribution in [1.29, 1.82) is 0 Å². The third-order valence-electron chi connectivity index (χ3n) is 5.80. The number of aldehydes is 1. The lowest BCUT2D eigenvalue weighted by molar-refractivity contribution is -0.115. The molecule has 0 amide bonds. The van der Waals surface area contributed by atoms with Crippen molar-refractivity contribution >= 4 is 12.0 Å². The smallest absolute Gasteiger partial charge is 0.147 e. The second-order valence-electron chi connectivity index (χ2n) is 7.81. The highest BCUT2D eigenvalue weighted by Gasteiger charge is 2.37. The normalized spacial score (nSPS) is 31.7. The molecule has 0 bridgehead atoms. The Morgan fingerprint density at radius 1 is 1.38 bits per heavy atom. The molecule has 1 aliphatic heterocycles. The number of hydrogen-bond donors (Lipinski definition) is 0. The molecule has 0 N–H and O–H groups in total. The molecule has 3 rings (SSSR count).